The van der Waals surface area contributed by atoms with Gasteiger partial charge in [-0.05, 0) is 43.4 Å². The summed E-state index contributed by atoms with van der Waals surface area (Å²) in [7, 11) is 0. The maximum atomic E-state index is 5.96. The summed E-state index contributed by atoms with van der Waals surface area (Å²) >= 11 is 0. The molecule has 0 bridgehead atoms. The number of aromatic nitrogens is 1. The number of pyridine rings is 1. The first-order chi connectivity index (χ1) is 7.94. The van der Waals surface area contributed by atoms with E-state index in [0.29, 0.717) is 6.04 Å². The number of hydrogen-bond donors (Lipinski definition) is 2. The molecule has 0 aliphatic heterocycles. The highest BCUT2D eigenvalue weighted by Gasteiger charge is 2.22. The normalized spacial score (nSPS) is 13.6. The molecule has 1 heterocycles. The standard InChI is InChI=1S/C14H25N3/c1-5-17-11(2)8-14(3,4)9-12-10-16-7-6-13(12)15/h6-7,10-11,17H,5,8-9H2,1-4H3,(H2,15,16). The third kappa shape index (κ3) is 4.73. The van der Waals surface area contributed by atoms with E-state index in [1.807, 2.05) is 12.3 Å². The van der Waals surface area contributed by atoms with E-state index in [0.717, 1.165) is 30.6 Å². The Morgan fingerprint density at radius 3 is 2.76 bits per heavy atom. The second kappa shape index (κ2) is 6.01. The molecule has 1 unspecified atom stereocenters. The molecule has 0 amide bonds. The summed E-state index contributed by atoms with van der Waals surface area (Å²) in [6.07, 6.45) is 5.74. The topological polar surface area (TPSA) is 50.9 Å². The van der Waals surface area contributed by atoms with Gasteiger partial charge in [0.05, 0.1) is 0 Å². The van der Waals surface area contributed by atoms with Gasteiger partial charge in [-0.1, -0.05) is 20.8 Å². The summed E-state index contributed by atoms with van der Waals surface area (Å²) in [5.74, 6) is 0. The molecule has 0 aliphatic rings. The van der Waals surface area contributed by atoms with E-state index in [2.05, 4.69) is 38.0 Å². The van der Waals surface area contributed by atoms with Crippen LogP contribution < -0.4 is 11.1 Å². The van der Waals surface area contributed by atoms with E-state index in [9.17, 15) is 0 Å². The zero-order valence-corrected chi connectivity index (χ0v) is 11.5. The van der Waals surface area contributed by atoms with Crippen LogP contribution in [0.1, 0.15) is 39.7 Å². The summed E-state index contributed by atoms with van der Waals surface area (Å²) in [4.78, 5) is 4.15. The van der Waals surface area contributed by atoms with Gasteiger partial charge < -0.3 is 11.1 Å². The van der Waals surface area contributed by atoms with E-state index in [4.69, 9.17) is 5.73 Å². The molecule has 1 aromatic heterocycles. The van der Waals surface area contributed by atoms with Gasteiger partial charge in [0.2, 0.25) is 0 Å². The first-order valence-corrected chi connectivity index (χ1v) is 6.36. The zero-order valence-electron chi connectivity index (χ0n) is 11.5. The van der Waals surface area contributed by atoms with Crippen molar-refractivity contribution in [3.8, 4) is 0 Å². The Hall–Kier alpha value is -1.09. The molecule has 0 fully saturated rings. The lowest BCUT2D eigenvalue weighted by Crippen LogP contribution is -2.32. The highest BCUT2D eigenvalue weighted by molar-refractivity contribution is 5.44. The van der Waals surface area contributed by atoms with Crippen molar-refractivity contribution >= 4 is 5.69 Å². The van der Waals surface area contributed by atoms with Crippen LogP contribution in [0.2, 0.25) is 0 Å². The molecule has 3 N–H and O–H groups in total. The maximum Gasteiger partial charge on any atom is 0.0377 e. The first-order valence-electron chi connectivity index (χ1n) is 6.36. The van der Waals surface area contributed by atoms with E-state index >= 15 is 0 Å². The zero-order chi connectivity index (χ0) is 12.9. The summed E-state index contributed by atoms with van der Waals surface area (Å²) < 4.78 is 0. The fourth-order valence-electron chi connectivity index (χ4n) is 2.42. The number of nitrogens with one attached hydrogen (secondary N) is 1. The fourth-order valence-corrected chi connectivity index (χ4v) is 2.42. The lowest BCUT2D eigenvalue weighted by atomic mass is 9.80. The molecular formula is C14H25N3. The number of nitrogen functional groups attached to an aromatic ring is 1. The van der Waals surface area contributed by atoms with Crippen LogP contribution in [-0.4, -0.2) is 17.6 Å². The SMILES string of the molecule is CCNC(C)CC(C)(C)Cc1cnccc1N. The number of anilines is 1. The minimum atomic E-state index is 0.235. The Bertz CT molecular complexity index is 347. The molecule has 0 saturated heterocycles. The highest BCUT2D eigenvalue weighted by Crippen LogP contribution is 2.29. The van der Waals surface area contributed by atoms with Crippen LogP contribution in [0.15, 0.2) is 18.5 Å². The predicted octanol–water partition coefficient (Wildman–Crippen LogP) is 2.62. The second-order valence-electron chi connectivity index (χ2n) is 5.58. The van der Waals surface area contributed by atoms with E-state index in [1.165, 1.54) is 0 Å². The van der Waals surface area contributed by atoms with Crippen molar-refractivity contribution in [3.63, 3.8) is 0 Å². The Labute approximate surface area is 105 Å². The average Bonchev–Trinajstić information content (AvgIpc) is 2.20. The molecular weight excluding hydrogens is 210 g/mol. The first kappa shape index (κ1) is 14.0. The maximum absolute atomic E-state index is 5.96. The molecule has 1 rings (SSSR count). The molecule has 3 heteroatoms. The predicted molar refractivity (Wildman–Crippen MR) is 73.9 cm³/mol. The van der Waals surface area contributed by atoms with Crippen LogP contribution in [-0.2, 0) is 6.42 Å². The van der Waals surface area contributed by atoms with Crippen LogP contribution in [0.5, 0.6) is 0 Å². The Balaban J connectivity index is 2.63. The molecule has 3 nitrogen and oxygen atoms in total. The number of nitrogens with two attached hydrogens (primary N) is 1. The molecule has 0 aromatic carbocycles. The lowest BCUT2D eigenvalue weighted by Gasteiger charge is -2.29. The molecule has 0 spiro atoms. The third-order valence-corrected chi connectivity index (χ3v) is 3.02. The molecule has 0 saturated carbocycles. The summed E-state index contributed by atoms with van der Waals surface area (Å²) in [5, 5.41) is 3.46. The molecule has 1 aromatic rings. The van der Waals surface area contributed by atoms with Crippen LogP contribution >= 0.6 is 0 Å². The van der Waals surface area contributed by atoms with Crippen molar-refractivity contribution < 1.29 is 0 Å². The van der Waals surface area contributed by atoms with Crippen molar-refractivity contribution in [2.75, 3.05) is 12.3 Å². The largest absolute Gasteiger partial charge is 0.398 e. The summed E-state index contributed by atoms with van der Waals surface area (Å²) in [5.41, 5.74) is 8.20. The van der Waals surface area contributed by atoms with Crippen molar-refractivity contribution in [1.82, 2.24) is 10.3 Å². The molecule has 0 radical (unpaired) electrons. The highest BCUT2D eigenvalue weighted by atomic mass is 14.9. The van der Waals surface area contributed by atoms with E-state index < -0.39 is 0 Å². The Morgan fingerprint density at radius 2 is 2.18 bits per heavy atom. The van der Waals surface area contributed by atoms with Gasteiger partial charge in [-0.2, -0.15) is 0 Å². The fraction of sp³-hybridized carbons (Fsp3) is 0.643. The minimum Gasteiger partial charge on any atom is -0.398 e. The van der Waals surface area contributed by atoms with Crippen molar-refractivity contribution in [1.29, 1.82) is 0 Å². The van der Waals surface area contributed by atoms with Gasteiger partial charge in [-0.25, -0.2) is 0 Å². The Kier molecular flexibility index (Phi) is 4.94. The number of hydrogen-bond acceptors (Lipinski definition) is 3. The average molecular weight is 235 g/mol. The van der Waals surface area contributed by atoms with Crippen molar-refractivity contribution in [2.45, 2.75) is 46.6 Å². The van der Waals surface area contributed by atoms with Gasteiger partial charge >= 0.3 is 0 Å². The second-order valence-corrected chi connectivity index (χ2v) is 5.58. The van der Waals surface area contributed by atoms with Crippen LogP contribution in [0, 0.1) is 5.41 Å². The lowest BCUT2D eigenvalue weighted by molar-refractivity contribution is 0.289. The third-order valence-electron chi connectivity index (χ3n) is 3.02. The van der Waals surface area contributed by atoms with Gasteiger partial charge in [0, 0.05) is 24.1 Å². The van der Waals surface area contributed by atoms with E-state index in [1.54, 1.807) is 6.20 Å². The monoisotopic (exact) mass is 235 g/mol. The smallest absolute Gasteiger partial charge is 0.0377 e. The van der Waals surface area contributed by atoms with Crippen molar-refractivity contribution in [2.24, 2.45) is 5.41 Å². The van der Waals surface area contributed by atoms with Crippen LogP contribution in [0.4, 0.5) is 5.69 Å². The van der Waals surface area contributed by atoms with E-state index in [-0.39, 0.29) is 5.41 Å². The molecule has 1 atom stereocenters. The van der Waals surface area contributed by atoms with Crippen LogP contribution in [0.3, 0.4) is 0 Å². The number of rotatable bonds is 6. The van der Waals surface area contributed by atoms with Gasteiger partial charge in [0.25, 0.3) is 0 Å². The van der Waals surface area contributed by atoms with Crippen molar-refractivity contribution in [3.05, 3.63) is 24.0 Å². The minimum absolute atomic E-state index is 0.235. The van der Waals surface area contributed by atoms with Gasteiger partial charge in [0.15, 0.2) is 0 Å². The van der Waals surface area contributed by atoms with Crippen LogP contribution in [0.25, 0.3) is 0 Å². The molecule has 17 heavy (non-hydrogen) atoms. The van der Waals surface area contributed by atoms with Gasteiger partial charge in [0.1, 0.15) is 0 Å². The molecule has 96 valence electrons. The quantitative estimate of drug-likeness (QED) is 0.797. The Morgan fingerprint density at radius 1 is 1.47 bits per heavy atom. The van der Waals surface area contributed by atoms with Gasteiger partial charge in [-0.3, -0.25) is 4.98 Å². The summed E-state index contributed by atoms with van der Waals surface area (Å²) in [6, 6.07) is 2.41. The number of nitrogens with zero attached hydrogens (tertiary/aromatic N) is 1. The summed E-state index contributed by atoms with van der Waals surface area (Å²) in [6.45, 7) is 9.97. The van der Waals surface area contributed by atoms with Gasteiger partial charge in [-0.15, -0.1) is 0 Å². The molecule has 0 aliphatic carbocycles.